The Kier molecular flexibility index (Phi) is 2.35. The molecule has 0 aromatic rings. The third kappa shape index (κ3) is 1.68. The number of carbonyl (C=O) groups excluding carboxylic acids is 1. The van der Waals surface area contributed by atoms with Gasteiger partial charge in [0.25, 0.3) is 0 Å². The number of esters is 1. The molecule has 0 spiro atoms. The Bertz CT molecular complexity index is 271. The van der Waals surface area contributed by atoms with E-state index in [0.717, 1.165) is 0 Å². The number of hydrogen-bond donors (Lipinski definition) is 0. The molecule has 15 heavy (non-hydrogen) atoms. The van der Waals surface area contributed by atoms with Crippen LogP contribution in [0.15, 0.2) is 0 Å². The van der Waals surface area contributed by atoms with Gasteiger partial charge in [0.1, 0.15) is 0 Å². The van der Waals surface area contributed by atoms with Crippen LogP contribution in [0, 0.1) is 0 Å². The van der Waals surface area contributed by atoms with Crippen LogP contribution in [0.25, 0.3) is 0 Å². The summed E-state index contributed by atoms with van der Waals surface area (Å²) >= 11 is 0. The second-order valence-corrected chi connectivity index (χ2v) is 5.19. The van der Waals surface area contributed by atoms with Gasteiger partial charge in [0.2, 0.25) is 0 Å². The summed E-state index contributed by atoms with van der Waals surface area (Å²) in [6, 6.07) is 0. The van der Waals surface area contributed by atoms with Crippen LogP contribution < -0.4 is 0 Å². The van der Waals surface area contributed by atoms with Gasteiger partial charge in [-0.1, -0.05) is 0 Å². The Morgan fingerprint density at radius 2 is 1.73 bits per heavy atom. The van der Waals surface area contributed by atoms with Crippen molar-refractivity contribution in [1.82, 2.24) is 0 Å². The van der Waals surface area contributed by atoms with Crippen molar-refractivity contribution in [2.75, 3.05) is 6.61 Å². The van der Waals surface area contributed by atoms with Gasteiger partial charge in [-0.05, 0) is 34.1 Å². The molecule has 1 unspecified atom stereocenters. The molecule has 0 bridgehead atoms. The van der Waals surface area contributed by atoms with Crippen LogP contribution in [0.4, 0.5) is 0 Å². The Hall–Kier alpha value is -0.545. The first-order valence-corrected chi connectivity index (χ1v) is 5.36. The molecule has 2 saturated heterocycles. The molecule has 2 fully saturated rings. The minimum atomic E-state index is -0.454. The summed E-state index contributed by atoms with van der Waals surface area (Å²) in [5, 5.41) is 0. The Morgan fingerprint density at radius 3 is 2.13 bits per heavy atom. The number of carbonyl (C=O) groups is 1. The monoisotopic (exact) mass is 212 g/mol. The maximum absolute atomic E-state index is 11.4. The molecule has 84 valence electrons. The molecular weight excluding hydrogens is 195 g/mol. The minimum Gasteiger partial charge on any atom is -0.466 e. The fourth-order valence-corrected chi connectivity index (χ4v) is 1.81. The number of rotatable bonds is 1. The molecule has 2 aliphatic rings. The van der Waals surface area contributed by atoms with E-state index in [9.17, 15) is 4.79 Å². The fraction of sp³-hybridized carbons (Fsp3) is 0.900. The quantitative estimate of drug-likeness (QED) is 0.486. The first-order valence-electron chi connectivity index (χ1n) is 5.36. The largest absolute Gasteiger partial charge is 0.472 e. The van der Waals surface area contributed by atoms with Crippen LogP contribution in [-0.4, -0.2) is 30.9 Å². The summed E-state index contributed by atoms with van der Waals surface area (Å²) in [7, 11) is -0.454. The van der Waals surface area contributed by atoms with E-state index in [1.165, 1.54) is 0 Å². The van der Waals surface area contributed by atoms with Crippen molar-refractivity contribution in [2.24, 2.45) is 0 Å². The van der Waals surface area contributed by atoms with E-state index in [4.69, 9.17) is 14.0 Å². The molecule has 4 nitrogen and oxygen atoms in total. The summed E-state index contributed by atoms with van der Waals surface area (Å²) in [6.07, 6.45) is 0.690. The zero-order valence-electron chi connectivity index (χ0n) is 9.70. The van der Waals surface area contributed by atoms with Gasteiger partial charge >= 0.3 is 13.1 Å². The standard InChI is InChI=1S/C10H17BO4/c1-9(2)10(3,4)15-11(14-9)7-5-6-13-8(7)12/h7H,5-6H2,1-4H3. The van der Waals surface area contributed by atoms with E-state index >= 15 is 0 Å². The van der Waals surface area contributed by atoms with Gasteiger partial charge in [-0.3, -0.25) is 4.79 Å². The SMILES string of the molecule is CC1(C)OB(C2CCOC2=O)OC1(C)C. The molecule has 0 amide bonds. The molecule has 0 radical (unpaired) electrons. The second kappa shape index (κ2) is 3.22. The summed E-state index contributed by atoms with van der Waals surface area (Å²) in [6.45, 7) is 8.40. The third-order valence-corrected chi connectivity index (χ3v) is 3.58. The van der Waals surface area contributed by atoms with Crippen molar-refractivity contribution in [3.05, 3.63) is 0 Å². The first-order chi connectivity index (χ1) is 6.83. The van der Waals surface area contributed by atoms with Crippen molar-refractivity contribution >= 4 is 13.1 Å². The van der Waals surface area contributed by atoms with E-state index in [2.05, 4.69) is 0 Å². The lowest BCUT2D eigenvalue weighted by molar-refractivity contribution is -0.138. The van der Waals surface area contributed by atoms with Gasteiger partial charge in [0.15, 0.2) is 0 Å². The maximum atomic E-state index is 11.4. The average molecular weight is 212 g/mol. The Morgan fingerprint density at radius 1 is 1.20 bits per heavy atom. The van der Waals surface area contributed by atoms with Crippen molar-refractivity contribution in [2.45, 2.75) is 51.1 Å². The fourth-order valence-electron chi connectivity index (χ4n) is 1.81. The molecule has 0 aliphatic carbocycles. The molecule has 2 rings (SSSR count). The van der Waals surface area contributed by atoms with Gasteiger partial charge < -0.3 is 14.0 Å². The van der Waals surface area contributed by atoms with Crippen molar-refractivity contribution in [3.63, 3.8) is 0 Å². The zero-order valence-corrected chi connectivity index (χ0v) is 9.70. The highest BCUT2D eigenvalue weighted by atomic mass is 16.7. The summed E-state index contributed by atoms with van der Waals surface area (Å²) in [5.41, 5.74) is -0.749. The van der Waals surface area contributed by atoms with Crippen LogP contribution in [0.5, 0.6) is 0 Å². The van der Waals surface area contributed by atoms with Crippen LogP contribution >= 0.6 is 0 Å². The smallest absolute Gasteiger partial charge is 0.466 e. The molecule has 0 aromatic heterocycles. The van der Waals surface area contributed by atoms with Crippen molar-refractivity contribution < 1.29 is 18.8 Å². The normalized spacial score (nSPS) is 33.2. The average Bonchev–Trinajstić information content (AvgIpc) is 2.55. The summed E-state index contributed by atoms with van der Waals surface area (Å²) < 4.78 is 16.5. The highest BCUT2D eigenvalue weighted by molar-refractivity contribution is 6.52. The first kappa shape index (κ1) is 11.0. The van der Waals surface area contributed by atoms with E-state index < -0.39 is 7.12 Å². The summed E-state index contributed by atoms with van der Waals surface area (Å²) in [5.74, 6) is -0.459. The van der Waals surface area contributed by atoms with Crippen LogP contribution in [-0.2, 0) is 18.8 Å². The molecule has 5 heteroatoms. The predicted octanol–water partition coefficient (Wildman–Crippen LogP) is 1.40. The molecule has 0 aromatic carbocycles. The molecule has 0 N–H and O–H groups in total. The van der Waals surface area contributed by atoms with Crippen molar-refractivity contribution in [3.8, 4) is 0 Å². The highest BCUT2D eigenvalue weighted by Gasteiger charge is 2.56. The third-order valence-electron chi connectivity index (χ3n) is 3.58. The maximum Gasteiger partial charge on any atom is 0.472 e. The van der Waals surface area contributed by atoms with E-state index in [0.29, 0.717) is 13.0 Å². The van der Waals surface area contributed by atoms with Crippen LogP contribution in [0.2, 0.25) is 5.82 Å². The predicted molar refractivity (Wildman–Crippen MR) is 55.4 cm³/mol. The summed E-state index contributed by atoms with van der Waals surface area (Å²) in [4.78, 5) is 11.4. The van der Waals surface area contributed by atoms with Crippen LogP contribution in [0.3, 0.4) is 0 Å². The van der Waals surface area contributed by atoms with Crippen molar-refractivity contribution in [1.29, 1.82) is 0 Å². The number of cyclic esters (lactones) is 1. The van der Waals surface area contributed by atoms with Gasteiger partial charge in [-0.15, -0.1) is 0 Å². The Labute approximate surface area is 90.4 Å². The lowest BCUT2D eigenvalue weighted by Gasteiger charge is -2.32. The Balaban J connectivity index is 2.12. The molecule has 2 heterocycles. The lowest BCUT2D eigenvalue weighted by Crippen LogP contribution is -2.41. The van der Waals surface area contributed by atoms with E-state index in [-0.39, 0.29) is 23.0 Å². The highest BCUT2D eigenvalue weighted by Crippen LogP contribution is 2.42. The molecule has 1 atom stereocenters. The minimum absolute atomic E-state index is 0.200. The second-order valence-electron chi connectivity index (χ2n) is 5.19. The topological polar surface area (TPSA) is 44.8 Å². The van der Waals surface area contributed by atoms with Gasteiger partial charge in [0, 0.05) is 0 Å². The molecule has 0 saturated carbocycles. The lowest BCUT2D eigenvalue weighted by atomic mass is 9.71. The van der Waals surface area contributed by atoms with E-state index in [1.807, 2.05) is 27.7 Å². The number of hydrogen-bond acceptors (Lipinski definition) is 4. The van der Waals surface area contributed by atoms with Gasteiger partial charge in [0.05, 0.1) is 23.6 Å². The number of ether oxygens (including phenoxy) is 1. The molecular formula is C10H17BO4. The van der Waals surface area contributed by atoms with Crippen LogP contribution in [0.1, 0.15) is 34.1 Å². The van der Waals surface area contributed by atoms with Gasteiger partial charge in [-0.2, -0.15) is 0 Å². The van der Waals surface area contributed by atoms with Gasteiger partial charge in [-0.25, -0.2) is 0 Å². The molecule has 2 aliphatic heterocycles. The zero-order chi connectivity index (χ0) is 11.3. The van der Waals surface area contributed by atoms with E-state index in [1.54, 1.807) is 0 Å².